The molecule has 1 aromatic rings. The molecule has 98 valence electrons. The summed E-state index contributed by atoms with van der Waals surface area (Å²) in [5.74, 6) is 1.13. The molecule has 1 atom stereocenters. The Morgan fingerprint density at radius 2 is 2.39 bits per heavy atom. The molecule has 3 N–H and O–H groups in total. The average Bonchev–Trinajstić information content (AvgIpc) is 2.34. The van der Waals surface area contributed by atoms with Crippen molar-refractivity contribution in [2.45, 2.75) is 26.7 Å². The van der Waals surface area contributed by atoms with Gasteiger partial charge in [0.25, 0.3) is 0 Å². The largest absolute Gasteiger partial charge is 0.397 e. The van der Waals surface area contributed by atoms with Crippen LogP contribution in [0.2, 0.25) is 0 Å². The number of piperidine rings is 1. The molecule has 0 aromatic carbocycles. The molecule has 2 heterocycles. The highest BCUT2D eigenvalue weighted by atomic mass is 16.2. The number of pyridine rings is 1. The molecular weight excluding hydrogens is 228 g/mol. The molecule has 5 heteroatoms. The van der Waals surface area contributed by atoms with E-state index in [1.54, 1.807) is 12.3 Å². The van der Waals surface area contributed by atoms with E-state index < -0.39 is 0 Å². The van der Waals surface area contributed by atoms with Crippen LogP contribution in [0.15, 0.2) is 12.3 Å². The van der Waals surface area contributed by atoms with Crippen molar-refractivity contribution in [2.24, 2.45) is 5.92 Å². The normalized spacial score (nSPS) is 19.7. The van der Waals surface area contributed by atoms with Crippen molar-refractivity contribution in [1.29, 1.82) is 0 Å². The van der Waals surface area contributed by atoms with Crippen molar-refractivity contribution in [3.05, 3.63) is 17.8 Å². The Morgan fingerprint density at radius 1 is 1.61 bits per heavy atom. The van der Waals surface area contributed by atoms with Gasteiger partial charge in [-0.25, -0.2) is 9.78 Å². The fourth-order valence-electron chi connectivity index (χ4n) is 2.20. The number of nitrogen functional groups attached to an aromatic ring is 1. The number of aromatic nitrogens is 1. The van der Waals surface area contributed by atoms with Crippen molar-refractivity contribution in [3.8, 4) is 0 Å². The molecule has 1 unspecified atom stereocenters. The lowest BCUT2D eigenvalue weighted by molar-refractivity contribution is 0.182. The summed E-state index contributed by atoms with van der Waals surface area (Å²) in [6.45, 7) is 5.71. The number of carbonyl (C=O) groups is 1. The number of amides is 2. The van der Waals surface area contributed by atoms with Gasteiger partial charge in [-0.15, -0.1) is 0 Å². The topological polar surface area (TPSA) is 71.2 Å². The lowest BCUT2D eigenvalue weighted by Gasteiger charge is -2.30. The Hall–Kier alpha value is -1.78. The van der Waals surface area contributed by atoms with Crippen molar-refractivity contribution in [3.63, 3.8) is 0 Å². The van der Waals surface area contributed by atoms with Crippen LogP contribution in [0.5, 0.6) is 0 Å². The van der Waals surface area contributed by atoms with Crippen LogP contribution >= 0.6 is 0 Å². The Kier molecular flexibility index (Phi) is 3.69. The molecule has 2 rings (SSSR count). The molecule has 0 bridgehead atoms. The molecule has 0 aliphatic carbocycles. The van der Waals surface area contributed by atoms with Crippen molar-refractivity contribution < 1.29 is 4.79 Å². The summed E-state index contributed by atoms with van der Waals surface area (Å²) in [7, 11) is 0. The van der Waals surface area contributed by atoms with E-state index in [9.17, 15) is 4.79 Å². The van der Waals surface area contributed by atoms with Crippen molar-refractivity contribution >= 4 is 17.5 Å². The van der Waals surface area contributed by atoms with Gasteiger partial charge in [-0.2, -0.15) is 0 Å². The summed E-state index contributed by atoms with van der Waals surface area (Å²) in [5, 5.41) is 2.82. The summed E-state index contributed by atoms with van der Waals surface area (Å²) >= 11 is 0. The van der Waals surface area contributed by atoms with Gasteiger partial charge >= 0.3 is 6.03 Å². The highest BCUT2D eigenvalue weighted by molar-refractivity contribution is 5.88. The molecular formula is C13H20N4O. The zero-order chi connectivity index (χ0) is 13.1. The van der Waals surface area contributed by atoms with E-state index in [1.165, 1.54) is 6.42 Å². The fraction of sp³-hybridized carbons (Fsp3) is 0.538. The standard InChI is InChI=1S/C13H20N4O/c1-9-4-3-5-17(8-9)13(18)16-12-6-10(2)11(14)7-15-12/h6-7,9H,3-5,8,14H2,1-2H3,(H,15,16,18). The van der Waals surface area contributed by atoms with Gasteiger partial charge in [0, 0.05) is 13.1 Å². The third-order valence-electron chi connectivity index (χ3n) is 3.33. The highest BCUT2D eigenvalue weighted by Gasteiger charge is 2.21. The molecule has 5 nitrogen and oxygen atoms in total. The van der Waals surface area contributed by atoms with Gasteiger partial charge in [0.2, 0.25) is 0 Å². The number of urea groups is 1. The van der Waals surface area contributed by atoms with E-state index in [0.29, 0.717) is 17.4 Å². The molecule has 1 fully saturated rings. The number of nitrogens with two attached hydrogens (primary N) is 1. The summed E-state index contributed by atoms with van der Waals surface area (Å²) in [6.07, 6.45) is 3.84. The second-order valence-electron chi connectivity index (χ2n) is 5.05. The van der Waals surface area contributed by atoms with Crippen LogP contribution in [0.25, 0.3) is 0 Å². The van der Waals surface area contributed by atoms with Crippen LogP contribution in [0.1, 0.15) is 25.3 Å². The van der Waals surface area contributed by atoms with Crippen LogP contribution in [0.4, 0.5) is 16.3 Å². The Labute approximate surface area is 107 Å². The van der Waals surface area contributed by atoms with Crippen LogP contribution in [0.3, 0.4) is 0 Å². The number of hydrogen-bond acceptors (Lipinski definition) is 3. The predicted molar refractivity (Wildman–Crippen MR) is 72.4 cm³/mol. The Morgan fingerprint density at radius 3 is 3.06 bits per heavy atom. The van der Waals surface area contributed by atoms with E-state index in [0.717, 1.165) is 25.1 Å². The molecule has 1 saturated heterocycles. The van der Waals surface area contributed by atoms with E-state index in [1.807, 2.05) is 11.8 Å². The summed E-state index contributed by atoms with van der Waals surface area (Å²) in [6, 6.07) is 1.72. The summed E-state index contributed by atoms with van der Waals surface area (Å²) < 4.78 is 0. The molecule has 18 heavy (non-hydrogen) atoms. The highest BCUT2D eigenvalue weighted by Crippen LogP contribution is 2.17. The van der Waals surface area contributed by atoms with Gasteiger partial charge < -0.3 is 10.6 Å². The van der Waals surface area contributed by atoms with Gasteiger partial charge in [-0.05, 0) is 37.3 Å². The maximum atomic E-state index is 12.1. The lowest BCUT2D eigenvalue weighted by atomic mass is 10.0. The van der Waals surface area contributed by atoms with E-state index in [-0.39, 0.29) is 6.03 Å². The van der Waals surface area contributed by atoms with Gasteiger partial charge in [-0.1, -0.05) is 6.92 Å². The first-order chi connectivity index (χ1) is 8.56. The van der Waals surface area contributed by atoms with Gasteiger partial charge in [0.1, 0.15) is 5.82 Å². The predicted octanol–water partition coefficient (Wildman–Crippen LogP) is 2.24. The van der Waals surface area contributed by atoms with Crippen LogP contribution < -0.4 is 11.1 Å². The molecule has 1 aliphatic rings. The third kappa shape index (κ3) is 2.91. The average molecular weight is 248 g/mol. The van der Waals surface area contributed by atoms with E-state index in [4.69, 9.17) is 5.73 Å². The zero-order valence-electron chi connectivity index (χ0n) is 10.9. The smallest absolute Gasteiger partial charge is 0.323 e. The first-order valence-corrected chi connectivity index (χ1v) is 6.34. The first kappa shape index (κ1) is 12.7. The van der Waals surface area contributed by atoms with Crippen molar-refractivity contribution in [2.75, 3.05) is 24.1 Å². The molecule has 1 aliphatic heterocycles. The minimum atomic E-state index is -0.0711. The van der Waals surface area contributed by atoms with Gasteiger partial charge in [-0.3, -0.25) is 5.32 Å². The molecule has 2 amide bonds. The SMILES string of the molecule is Cc1cc(NC(=O)N2CCCC(C)C2)ncc1N. The molecule has 0 spiro atoms. The van der Waals surface area contributed by atoms with Gasteiger partial charge in [0.15, 0.2) is 0 Å². The minimum absolute atomic E-state index is 0.0711. The fourth-order valence-corrected chi connectivity index (χ4v) is 2.20. The number of nitrogens with one attached hydrogen (secondary N) is 1. The number of anilines is 2. The van der Waals surface area contributed by atoms with E-state index >= 15 is 0 Å². The third-order valence-corrected chi connectivity index (χ3v) is 3.33. The number of aryl methyl sites for hydroxylation is 1. The Bertz CT molecular complexity index is 447. The van der Waals surface area contributed by atoms with Crippen LogP contribution in [-0.4, -0.2) is 29.0 Å². The maximum Gasteiger partial charge on any atom is 0.323 e. The van der Waals surface area contributed by atoms with Crippen molar-refractivity contribution in [1.82, 2.24) is 9.88 Å². The minimum Gasteiger partial charge on any atom is -0.397 e. The van der Waals surface area contributed by atoms with Gasteiger partial charge in [0.05, 0.1) is 11.9 Å². The molecule has 0 radical (unpaired) electrons. The Balaban J connectivity index is 2.00. The van der Waals surface area contributed by atoms with Crippen LogP contribution in [-0.2, 0) is 0 Å². The second-order valence-corrected chi connectivity index (χ2v) is 5.05. The first-order valence-electron chi connectivity index (χ1n) is 6.34. The van der Waals surface area contributed by atoms with Crippen LogP contribution in [0, 0.1) is 12.8 Å². The van der Waals surface area contributed by atoms with E-state index in [2.05, 4.69) is 17.2 Å². The number of hydrogen-bond donors (Lipinski definition) is 2. The maximum absolute atomic E-state index is 12.1. The lowest BCUT2D eigenvalue weighted by Crippen LogP contribution is -2.41. The quantitative estimate of drug-likeness (QED) is 0.800. The molecule has 1 aromatic heterocycles. The number of carbonyl (C=O) groups excluding carboxylic acids is 1. The second kappa shape index (κ2) is 5.25. The number of likely N-dealkylation sites (tertiary alicyclic amines) is 1. The summed E-state index contributed by atoms with van der Waals surface area (Å²) in [5.41, 5.74) is 7.26. The number of nitrogens with zero attached hydrogens (tertiary/aromatic N) is 2. The monoisotopic (exact) mass is 248 g/mol. The summed E-state index contributed by atoms with van der Waals surface area (Å²) in [4.78, 5) is 18.0. The molecule has 0 saturated carbocycles. The number of rotatable bonds is 1. The zero-order valence-corrected chi connectivity index (χ0v) is 10.9.